The Kier molecular flexibility index (Phi) is 3.12. The Bertz CT molecular complexity index is 163. The molecule has 70 valence electrons. The van der Waals surface area contributed by atoms with Gasteiger partial charge in [-0.05, 0) is 19.3 Å². The standard InChI is InChI=1S/C10H20N2/c1-5-9(4)12-7-10(6-11-12)8(2)3/h6,8-10H,5,7H2,1-4H3. The Morgan fingerprint density at radius 1 is 1.50 bits per heavy atom. The zero-order valence-corrected chi connectivity index (χ0v) is 8.62. The van der Waals surface area contributed by atoms with Crippen LogP contribution < -0.4 is 0 Å². The van der Waals surface area contributed by atoms with Crippen LogP contribution in [-0.2, 0) is 0 Å². The van der Waals surface area contributed by atoms with Gasteiger partial charge in [0.1, 0.15) is 0 Å². The van der Waals surface area contributed by atoms with Crippen molar-refractivity contribution in [3.8, 4) is 0 Å². The molecule has 1 aliphatic heterocycles. The monoisotopic (exact) mass is 168 g/mol. The van der Waals surface area contributed by atoms with E-state index in [0.29, 0.717) is 12.0 Å². The minimum atomic E-state index is 0.602. The topological polar surface area (TPSA) is 15.6 Å². The minimum absolute atomic E-state index is 0.602. The second-order valence-electron chi connectivity index (χ2n) is 4.05. The van der Waals surface area contributed by atoms with Crippen molar-refractivity contribution in [3.63, 3.8) is 0 Å². The van der Waals surface area contributed by atoms with Crippen molar-refractivity contribution >= 4 is 6.21 Å². The molecular weight excluding hydrogens is 148 g/mol. The van der Waals surface area contributed by atoms with E-state index in [4.69, 9.17) is 0 Å². The largest absolute Gasteiger partial charge is 0.294 e. The summed E-state index contributed by atoms with van der Waals surface area (Å²) in [4.78, 5) is 0. The molecule has 2 heteroatoms. The van der Waals surface area contributed by atoms with Gasteiger partial charge in [0.25, 0.3) is 0 Å². The lowest BCUT2D eigenvalue weighted by molar-refractivity contribution is 0.209. The molecule has 0 aromatic carbocycles. The van der Waals surface area contributed by atoms with Crippen molar-refractivity contribution < 1.29 is 0 Å². The molecule has 0 aromatic rings. The molecule has 0 fully saturated rings. The molecule has 0 radical (unpaired) electrons. The molecule has 0 saturated carbocycles. The number of rotatable bonds is 3. The molecule has 1 aliphatic rings. The molecule has 0 amide bonds. The summed E-state index contributed by atoms with van der Waals surface area (Å²) < 4.78 is 0. The van der Waals surface area contributed by atoms with Gasteiger partial charge in [0.2, 0.25) is 0 Å². The van der Waals surface area contributed by atoms with Gasteiger partial charge in [-0.25, -0.2) is 0 Å². The zero-order chi connectivity index (χ0) is 9.14. The van der Waals surface area contributed by atoms with Crippen LogP contribution in [0.4, 0.5) is 0 Å². The van der Waals surface area contributed by atoms with E-state index in [-0.39, 0.29) is 0 Å². The third-order valence-corrected chi connectivity index (χ3v) is 2.76. The maximum absolute atomic E-state index is 4.42. The Labute approximate surface area is 75.6 Å². The molecule has 0 aliphatic carbocycles. The lowest BCUT2D eigenvalue weighted by atomic mass is 9.98. The van der Waals surface area contributed by atoms with Gasteiger partial charge in [0.05, 0.1) is 0 Å². The van der Waals surface area contributed by atoms with E-state index in [1.54, 1.807) is 0 Å². The predicted molar refractivity (Wildman–Crippen MR) is 53.3 cm³/mol. The lowest BCUT2D eigenvalue weighted by Gasteiger charge is -2.23. The highest BCUT2D eigenvalue weighted by atomic mass is 15.5. The Balaban J connectivity index is 2.42. The molecule has 0 spiro atoms. The van der Waals surface area contributed by atoms with E-state index >= 15 is 0 Å². The van der Waals surface area contributed by atoms with Crippen LogP contribution in [0.25, 0.3) is 0 Å². The number of hydrogen-bond acceptors (Lipinski definition) is 2. The highest BCUT2D eigenvalue weighted by Crippen LogP contribution is 2.19. The molecule has 0 saturated heterocycles. The fourth-order valence-electron chi connectivity index (χ4n) is 1.37. The average molecular weight is 168 g/mol. The maximum Gasteiger partial charge on any atom is 0.0444 e. The first-order chi connectivity index (χ1) is 5.65. The number of nitrogens with zero attached hydrogens (tertiary/aromatic N) is 2. The third kappa shape index (κ3) is 1.99. The first kappa shape index (κ1) is 9.56. The fraction of sp³-hybridized carbons (Fsp3) is 0.900. The van der Waals surface area contributed by atoms with Crippen LogP contribution in [0, 0.1) is 11.8 Å². The summed E-state index contributed by atoms with van der Waals surface area (Å²) in [7, 11) is 0. The molecule has 2 nitrogen and oxygen atoms in total. The second-order valence-corrected chi connectivity index (χ2v) is 4.05. The van der Waals surface area contributed by atoms with Gasteiger partial charge in [-0.3, -0.25) is 5.01 Å². The van der Waals surface area contributed by atoms with Crippen molar-refractivity contribution in [3.05, 3.63) is 0 Å². The van der Waals surface area contributed by atoms with Crippen molar-refractivity contribution in [2.45, 2.75) is 40.2 Å². The maximum atomic E-state index is 4.42. The van der Waals surface area contributed by atoms with E-state index in [0.717, 1.165) is 12.5 Å². The third-order valence-electron chi connectivity index (χ3n) is 2.76. The molecule has 0 bridgehead atoms. The molecule has 0 aromatic heterocycles. The van der Waals surface area contributed by atoms with Gasteiger partial charge in [-0.15, -0.1) is 0 Å². The van der Waals surface area contributed by atoms with Gasteiger partial charge in [0, 0.05) is 24.7 Å². The Hall–Kier alpha value is -0.530. The summed E-state index contributed by atoms with van der Waals surface area (Å²) in [6, 6.07) is 0.602. The SMILES string of the molecule is CCC(C)N1CC(C(C)C)C=N1. The Morgan fingerprint density at radius 2 is 2.17 bits per heavy atom. The van der Waals surface area contributed by atoms with Gasteiger partial charge in [0.15, 0.2) is 0 Å². The van der Waals surface area contributed by atoms with Crippen molar-refractivity contribution in [1.82, 2.24) is 5.01 Å². The highest BCUT2D eigenvalue weighted by Gasteiger charge is 2.22. The molecule has 1 heterocycles. The van der Waals surface area contributed by atoms with Crippen molar-refractivity contribution in [2.75, 3.05) is 6.54 Å². The first-order valence-corrected chi connectivity index (χ1v) is 4.95. The first-order valence-electron chi connectivity index (χ1n) is 4.95. The zero-order valence-electron chi connectivity index (χ0n) is 8.62. The highest BCUT2D eigenvalue weighted by molar-refractivity contribution is 5.62. The predicted octanol–water partition coefficient (Wildman–Crippen LogP) is 2.36. The fourth-order valence-corrected chi connectivity index (χ4v) is 1.37. The van der Waals surface area contributed by atoms with E-state index < -0.39 is 0 Å². The molecular formula is C10H20N2. The molecule has 0 N–H and O–H groups in total. The van der Waals surface area contributed by atoms with E-state index in [1.165, 1.54) is 6.42 Å². The van der Waals surface area contributed by atoms with Crippen LogP contribution in [-0.4, -0.2) is 23.8 Å². The Morgan fingerprint density at radius 3 is 2.58 bits per heavy atom. The summed E-state index contributed by atoms with van der Waals surface area (Å²) in [6.07, 6.45) is 3.29. The van der Waals surface area contributed by atoms with Gasteiger partial charge < -0.3 is 0 Å². The van der Waals surface area contributed by atoms with Crippen LogP contribution in [0.3, 0.4) is 0 Å². The van der Waals surface area contributed by atoms with E-state index in [9.17, 15) is 0 Å². The van der Waals surface area contributed by atoms with Crippen LogP contribution >= 0.6 is 0 Å². The average Bonchev–Trinajstić information content (AvgIpc) is 2.51. The number of hydrazone groups is 1. The molecule has 2 unspecified atom stereocenters. The summed E-state index contributed by atoms with van der Waals surface area (Å²) in [5, 5.41) is 6.63. The van der Waals surface area contributed by atoms with Crippen LogP contribution in [0.1, 0.15) is 34.1 Å². The van der Waals surface area contributed by atoms with Crippen molar-refractivity contribution in [1.29, 1.82) is 0 Å². The summed E-state index contributed by atoms with van der Waals surface area (Å²) in [6.45, 7) is 10.1. The normalized spacial score (nSPS) is 25.4. The van der Waals surface area contributed by atoms with Crippen molar-refractivity contribution in [2.24, 2.45) is 16.9 Å². The van der Waals surface area contributed by atoms with Gasteiger partial charge in [-0.1, -0.05) is 20.8 Å². The number of hydrogen-bond donors (Lipinski definition) is 0. The van der Waals surface area contributed by atoms with E-state index in [2.05, 4.69) is 44.0 Å². The van der Waals surface area contributed by atoms with Crippen LogP contribution in [0.5, 0.6) is 0 Å². The van der Waals surface area contributed by atoms with Gasteiger partial charge in [-0.2, -0.15) is 5.10 Å². The summed E-state index contributed by atoms with van der Waals surface area (Å²) >= 11 is 0. The quantitative estimate of drug-likeness (QED) is 0.631. The molecule has 12 heavy (non-hydrogen) atoms. The van der Waals surface area contributed by atoms with E-state index in [1.807, 2.05) is 0 Å². The van der Waals surface area contributed by atoms with Crippen LogP contribution in [0.15, 0.2) is 5.10 Å². The van der Waals surface area contributed by atoms with Gasteiger partial charge >= 0.3 is 0 Å². The smallest absolute Gasteiger partial charge is 0.0444 e. The second kappa shape index (κ2) is 3.92. The minimum Gasteiger partial charge on any atom is -0.294 e. The lowest BCUT2D eigenvalue weighted by Crippen LogP contribution is -2.28. The summed E-state index contributed by atoms with van der Waals surface area (Å²) in [5.74, 6) is 1.39. The summed E-state index contributed by atoms with van der Waals surface area (Å²) in [5.41, 5.74) is 0. The van der Waals surface area contributed by atoms with Crippen LogP contribution in [0.2, 0.25) is 0 Å². The molecule has 1 rings (SSSR count). The molecule has 2 atom stereocenters.